The monoisotopic (exact) mass is 462 g/mol. The van der Waals surface area contributed by atoms with E-state index in [9.17, 15) is 0 Å². The Kier molecular flexibility index (Phi) is 7.85. The largest absolute Gasteiger partial charge is 0.493 e. The van der Waals surface area contributed by atoms with E-state index < -0.39 is 0 Å². The molecule has 2 N–H and O–H groups in total. The number of fused-ring (bicyclic) bond motifs is 2. The number of ether oxygens (including phenoxy) is 3. The Bertz CT molecular complexity index is 1270. The van der Waals surface area contributed by atoms with Crippen molar-refractivity contribution in [3.63, 3.8) is 0 Å². The number of nitrogens with zero attached hydrogens (tertiary/aromatic N) is 2. The molecule has 1 saturated heterocycles. The number of aromatic nitrogens is 3. The number of nitrogens with one attached hydrogen (secondary N) is 2. The first kappa shape index (κ1) is 23.8. The van der Waals surface area contributed by atoms with Gasteiger partial charge in [-0.2, -0.15) is 0 Å². The highest BCUT2D eigenvalue weighted by molar-refractivity contribution is 5.81. The molecule has 3 heterocycles. The molecule has 7 nitrogen and oxygen atoms in total. The third-order valence-corrected chi connectivity index (χ3v) is 6.02. The lowest BCUT2D eigenvalue weighted by Gasteiger charge is -2.23. The highest BCUT2D eigenvalue weighted by Gasteiger charge is 2.17. The average molecular weight is 463 g/mol. The third kappa shape index (κ3) is 5.42. The Morgan fingerprint density at radius 1 is 1.09 bits per heavy atom. The minimum Gasteiger partial charge on any atom is -0.493 e. The summed E-state index contributed by atoms with van der Waals surface area (Å²) in [5, 5.41) is 6.09. The summed E-state index contributed by atoms with van der Waals surface area (Å²) >= 11 is 0. The van der Waals surface area contributed by atoms with E-state index in [1.54, 1.807) is 7.11 Å². The molecule has 0 unspecified atom stereocenters. The molecule has 2 aromatic heterocycles. The molecule has 2 aliphatic rings. The molecular weight excluding hydrogens is 428 g/mol. The number of hydrogen-bond acceptors (Lipinski definition) is 6. The molecule has 0 spiro atoms. The molecule has 1 aliphatic heterocycles. The maximum absolute atomic E-state index is 6.22. The van der Waals surface area contributed by atoms with Crippen molar-refractivity contribution >= 4 is 23.1 Å². The van der Waals surface area contributed by atoms with Gasteiger partial charge in [-0.25, -0.2) is 9.97 Å². The highest BCUT2D eigenvalue weighted by Crippen LogP contribution is 2.24. The van der Waals surface area contributed by atoms with Gasteiger partial charge < -0.3 is 24.5 Å². The fourth-order valence-corrected chi connectivity index (χ4v) is 4.27. The SMILES string of the molecule is CC.COC1=C(OCC2CCNCC2)CC=c2ncnc(Oc3ccc4[nH]c(C)cc4c3)c2=C1. The van der Waals surface area contributed by atoms with Gasteiger partial charge in [0.05, 0.1) is 24.3 Å². The van der Waals surface area contributed by atoms with Gasteiger partial charge in [-0.3, -0.25) is 0 Å². The molecule has 5 rings (SSSR count). The van der Waals surface area contributed by atoms with Crippen LogP contribution in [0.15, 0.2) is 42.1 Å². The maximum atomic E-state index is 6.22. The smallest absolute Gasteiger partial charge is 0.230 e. The Morgan fingerprint density at radius 2 is 1.91 bits per heavy atom. The molecule has 1 fully saturated rings. The number of piperidine rings is 1. The number of aromatic amines is 1. The van der Waals surface area contributed by atoms with Crippen molar-refractivity contribution in [2.45, 2.75) is 40.0 Å². The van der Waals surface area contributed by atoms with Crippen molar-refractivity contribution in [1.29, 1.82) is 0 Å². The number of hydrogen-bond donors (Lipinski definition) is 2. The Hall–Kier alpha value is -3.32. The predicted octanol–water partition coefficient (Wildman–Crippen LogP) is 3.92. The second-order valence-corrected chi connectivity index (χ2v) is 8.33. The predicted molar refractivity (Wildman–Crippen MR) is 135 cm³/mol. The fourth-order valence-electron chi connectivity index (χ4n) is 4.27. The second kappa shape index (κ2) is 11.2. The van der Waals surface area contributed by atoms with Gasteiger partial charge in [-0.1, -0.05) is 19.9 Å². The Labute approximate surface area is 200 Å². The van der Waals surface area contributed by atoms with Crippen LogP contribution in [0.2, 0.25) is 0 Å². The van der Waals surface area contributed by atoms with Gasteiger partial charge in [0.25, 0.3) is 0 Å². The van der Waals surface area contributed by atoms with Crippen LogP contribution in [0.5, 0.6) is 11.6 Å². The summed E-state index contributed by atoms with van der Waals surface area (Å²) in [6.45, 7) is 8.85. The molecule has 0 atom stereocenters. The van der Waals surface area contributed by atoms with E-state index in [4.69, 9.17) is 14.2 Å². The zero-order chi connectivity index (χ0) is 23.9. The first-order chi connectivity index (χ1) is 16.7. The quantitative estimate of drug-likeness (QED) is 0.578. The average Bonchev–Trinajstić information content (AvgIpc) is 3.14. The molecule has 0 amide bonds. The molecule has 1 aromatic carbocycles. The van der Waals surface area contributed by atoms with E-state index in [2.05, 4.69) is 26.3 Å². The van der Waals surface area contributed by atoms with Crippen LogP contribution in [0.4, 0.5) is 0 Å². The Morgan fingerprint density at radius 3 is 2.71 bits per heavy atom. The van der Waals surface area contributed by atoms with Gasteiger partial charge in [-0.05, 0) is 69.1 Å². The number of H-pyrrole nitrogens is 1. The highest BCUT2D eigenvalue weighted by atomic mass is 16.5. The third-order valence-electron chi connectivity index (χ3n) is 6.02. The summed E-state index contributed by atoms with van der Waals surface area (Å²) < 4.78 is 18.1. The van der Waals surface area contributed by atoms with E-state index in [1.165, 1.54) is 6.33 Å². The first-order valence-corrected chi connectivity index (χ1v) is 12.1. The second-order valence-electron chi connectivity index (χ2n) is 8.33. The lowest BCUT2D eigenvalue weighted by atomic mass is 9.99. The standard InChI is InChI=1S/C25H28N4O3.C2H6/c1-16-11-18-12-19(3-4-21(18)29-16)32-25-20-13-24(30-2)23(6-5-22(20)27-15-28-25)31-14-17-7-9-26-10-8-17;1-2/h3-5,11-13,15,17,26,29H,6-10,14H2,1-2H3;1-2H3. The van der Waals surface area contributed by atoms with E-state index >= 15 is 0 Å². The van der Waals surface area contributed by atoms with Crippen LogP contribution in [0.3, 0.4) is 0 Å². The van der Waals surface area contributed by atoms with Gasteiger partial charge >= 0.3 is 0 Å². The summed E-state index contributed by atoms with van der Waals surface area (Å²) in [6.07, 6.45) is 8.39. The molecular formula is C27H34N4O3. The van der Waals surface area contributed by atoms with Crippen LogP contribution in [0, 0.1) is 12.8 Å². The minimum atomic E-state index is 0.493. The normalized spacial score (nSPS) is 15.9. The van der Waals surface area contributed by atoms with Crippen LogP contribution in [0.1, 0.15) is 38.8 Å². The van der Waals surface area contributed by atoms with Crippen LogP contribution in [0.25, 0.3) is 23.1 Å². The van der Waals surface area contributed by atoms with Crippen LogP contribution < -0.4 is 20.6 Å². The molecule has 1 aliphatic carbocycles. The molecule has 3 aromatic rings. The van der Waals surface area contributed by atoms with Gasteiger partial charge in [0.15, 0.2) is 5.76 Å². The van der Waals surface area contributed by atoms with Crippen LogP contribution >= 0.6 is 0 Å². The zero-order valence-electron chi connectivity index (χ0n) is 20.5. The summed E-state index contributed by atoms with van der Waals surface area (Å²) in [5.74, 6) is 3.29. The molecule has 0 radical (unpaired) electrons. The number of rotatable bonds is 6. The molecule has 180 valence electrons. The minimum absolute atomic E-state index is 0.493. The summed E-state index contributed by atoms with van der Waals surface area (Å²) in [4.78, 5) is 12.2. The lowest BCUT2D eigenvalue weighted by molar-refractivity contribution is 0.130. The molecule has 34 heavy (non-hydrogen) atoms. The molecule has 0 saturated carbocycles. The lowest BCUT2D eigenvalue weighted by Crippen LogP contribution is -2.30. The van der Waals surface area contributed by atoms with Crippen molar-refractivity contribution in [3.05, 3.63) is 58.4 Å². The van der Waals surface area contributed by atoms with E-state index in [0.29, 0.717) is 30.6 Å². The molecule has 0 bridgehead atoms. The van der Waals surface area contributed by atoms with E-state index in [-0.39, 0.29) is 0 Å². The van der Waals surface area contributed by atoms with Crippen molar-refractivity contribution in [1.82, 2.24) is 20.3 Å². The van der Waals surface area contributed by atoms with Gasteiger partial charge in [-0.15, -0.1) is 0 Å². The van der Waals surface area contributed by atoms with E-state index in [0.717, 1.165) is 64.6 Å². The zero-order valence-corrected chi connectivity index (χ0v) is 20.5. The van der Waals surface area contributed by atoms with Gasteiger partial charge in [0.2, 0.25) is 5.88 Å². The molecule has 7 heteroatoms. The maximum Gasteiger partial charge on any atom is 0.230 e. The van der Waals surface area contributed by atoms with Crippen molar-refractivity contribution in [2.24, 2.45) is 5.92 Å². The fraction of sp³-hybridized carbons (Fsp3) is 0.407. The first-order valence-electron chi connectivity index (χ1n) is 12.1. The van der Waals surface area contributed by atoms with Crippen molar-refractivity contribution in [2.75, 3.05) is 26.8 Å². The summed E-state index contributed by atoms with van der Waals surface area (Å²) in [7, 11) is 1.66. The summed E-state index contributed by atoms with van der Waals surface area (Å²) in [5.41, 5.74) is 2.19. The number of aryl methyl sites for hydroxylation is 1. The van der Waals surface area contributed by atoms with Crippen molar-refractivity contribution in [3.8, 4) is 11.6 Å². The number of benzene rings is 1. The summed E-state index contributed by atoms with van der Waals surface area (Å²) in [6, 6.07) is 8.06. The van der Waals surface area contributed by atoms with Crippen molar-refractivity contribution < 1.29 is 14.2 Å². The number of allylic oxidation sites excluding steroid dienone is 2. The topological polar surface area (TPSA) is 81.3 Å². The van der Waals surface area contributed by atoms with Crippen LogP contribution in [-0.4, -0.2) is 41.8 Å². The van der Waals surface area contributed by atoms with E-state index in [1.807, 2.05) is 51.1 Å². The Balaban J connectivity index is 0.00000133. The van der Waals surface area contributed by atoms with Crippen LogP contribution in [-0.2, 0) is 9.47 Å². The van der Waals surface area contributed by atoms with Gasteiger partial charge in [0.1, 0.15) is 17.8 Å². The van der Waals surface area contributed by atoms with Gasteiger partial charge in [0, 0.05) is 23.0 Å². The number of methoxy groups -OCH3 is 1.